The van der Waals surface area contributed by atoms with Gasteiger partial charge in [0.25, 0.3) is 0 Å². The summed E-state index contributed by atoms with van der Waals surface area (Å²) in [5, 5.41) is 4.88. The van der Waals surface area contributed by atoms with Gasteiger partial charge in [-0.25, -0.2) is 15.0 Å². The summed E-state index contributed by atoms with van der Waals surface area (Å²) >= 11 is 0. The van der Waals surface area contributed by atoms with Gasteiger partial charge in [0, 0.05) is 78.0 Å². The minimum absolute atomic E-state index is 0.205. The molecule has 410 valence electrons. The molecule has 0 saturated carbocycles. The Kier molecular flexibility index (Phi) is 10.4. The molecule has 3 aliphatic carbocycles. The van der Waals surface area contributed by atoms with E-state index >= 15 is 0 Å². The van der Waals surface area contributed by atoms with Crippen LogP contribution in [0.5, 0.6) is 0 Å². The van der Waals surface area contributed by atoms with E-state index in [4.69, 9.17) is 15.0 Å². The molecular weight excluding hydrogens is 1070 g/mol. The first-order valence-corrected chi connectivity index (χ1v) is 30.4. The molecule has 3 aromatic heterocycles. The summed E-state index contributed by atoms with van der Waals surface area (Å²) in [6.45, 7) is 0. The normalized spacial score (nSPS) is 16.6. The first-order chi connectivity index (χ1) is 43.7. The minimum Gasteiger partial charge on any atom is -0.333 e. The fourth-order valence-electron chi connectivity index (χ4n) is 15.7. The number of hydrogen-bond acceptors (Lipinski definition) is 4. The van der Waals surface area contributed by atoms with Crippen LogP contribution in [0, 0.1) is 0 Å². The number of fused-ring (bicyclic) bond motifs is 21. The molecule has 1 spiro atoms. The molecular formula is C82H52N6. The van der Waals surface area contributed by atoms with Crippen molar-refractivity contribution in [3.05, 3.63) is 331 Å². The zero-order valence-electron chi connectivity index (χ0n) is 47.7. The van der Waals surface area contributed by atoms with Gasteiger partial charge >= 0.3 is 0 Å². The van der Waals surface area contributed by atoms with E-state index in [0.29, 0.717) is 17.5 Å². The van der Waals surface area contributed by atoms with Gasteiger partial charge in [0.1, 0.15) is 0 Å². The molecule has 12 aromatic carbocycles. The third-order valence-electron chi connectivity index (χ3n) is 19.3. The third-order valence-corrected chi connectivity index (χ3v) is 19.3. The van der Waals surface area contributed by atoms with E-state index in [9.17, 15) is 0 Å². The summed E-state index contributed by atoms with van der Waals surface area (Å²) < 4.78 is 5.08. The van der Waals surface area contributed by atoms with Crippen LogP contribution in [0.1, 0.15) is 33.7 Å². The average molecular weight is 1120 g/mol. The molecule has 0 amide bonds. The summed E-state index contributed by atoms with van der Waals surface area (Å²) in [7, 11) is 0. The van der Waals surface area contributed by atoms with Crippen molar-refractivity contribution in [2.24, 2.45) is 0 Å². The summed E-state index contributed by atoms with van der Waals surface area (Å²) in [4.78, 5) is 17.9. The predicted molar refractivity (Wildman–Crippen MR) is 360 cm³/mol. The maximum atomic E-state index is 5.16. The number of nitrogens with zero attached hydrogens (tertiary/aromatic N) is 6. The molecule has 0 radical (unpaired) electrons. The van der Waals surface area contributed by atoms with Gasteiger partial charge in [-0.15, -0.1) is 0 Å². The monoisotopic (exact) mass is 1120 g/mol. The van der Waals surface area contributed by atoms with Gasteiger partial charge in [-0.2, -0.15) is 0 Å². The molecule has 6 nitrogen and oxygen atoms in total. The van der Waals surface area contributed by atoms with Crippen LogP contribution < -0.4 is 4.90 Å². The molecule has 0 saturated heterocycles. The minimum atomic E-state index is -0.674. The van der Waals surface area contributed by atoms with Gasteiger partial charge in [-0.1, -0.05) is 224 Å². The van der Waals surface area contributed by atoms with E-state index in [0.717, 1.165) is 33.6 Å². The number of para-hydroxylation sites is 3. The largest absolute Gasteiger partial charge is 0.333 e. The Morgan fingerprint density at radius 2 is 0.852 bits per heavy atom. The van der Waals surface area contributed by atoms with Crippen LogP contribution >= 0.6 is 0 Å². The topological polar surface area (TPSA) is 51.8 Å². The van der Waals surface area contributed by atoms with Crippen molar-refractivity contribution in [3.63, 3.8) is 0 Å². The van der Waals surface area contributed by atoms with Crippen molar-refractivity contribution >= 4 is 55.0 Å². The van der Waals surface area contributed by atoms with Crippen LogP contribution in [0.2, 0.25) is 0 Å². The van der Waals surface area contributed by atoms with Gasteiger partial charge < -0.3 is 14.0 Å². The van der Waals surface area contributed by atoms with Gasteiger partial charge in [0.2, 0.25) is 0 Å². The molecule has 19 rings (SSSR count). The highest BCUT2D eigenvalue weighted by atomic mass is 15.2. The van der Waals surface area contributed by atoms with E-state index in [1.165, 1.54) is 111 Å². The number of aromatic nitrogens is 5. The van der Waals surface area contributed by atoms with Crippen LogP contribution in [0.3, 0.4) is 0 Å². The van der Waals surface area contributed by atoms with Crippen molar-refractivity contribution in [2.45, 2.75) is 17.4 Å². The van der Waals surface area contributed by atoms with Gasteiger partial charge in [0.15, 0.2) is 17.5 Å². The number of benzene rings is 12. The molecule has 4 aliphatic rings. The lowest BCUT2D eigenvalue weighted by molar-refractivity contribution is 0.745. The Balaban J connectivity index is 0.869. The summed E-state index contributed by atoms with van der Waals surface area (Å²) in [6.07, 6.45) is 9.14. The van der Waals surface area contributed by atoms with E-state index < -0.39 is 5.41 Å². The van der Waals surface area contributed by atoms with E-state index in [1.54, 1.807) is 0 Å². The van der Waals surface area contributed by atoms with Crippen LogP contribution in [0.15, 0.2) is 303 Å². The Morgan fingerprint density at radius 3 is 1.58 bits per heavy atom. The lowest BCUT2D eigenvalue weighted by Gasteiger charge is -2.31. The van der Waals surface area contributed by atoms with E-state index in [1.807, 2.05) is 36.4 Å². The lowest BCUT2D eigenvalue weighted by Crippen LogP contribution is -2.28. The highest BCUT2D eigenvalue weighted by Crippen LogP contribution is 2.66. The smallest absolute Gasteiger partial charge is 0.164 e. The fourth-order valence-corrected chi connectivity index (χ4v) is 15.7. The zero-order valence-corrected chi connectivity index (χ0v) is 47.7. The molecule has 1 aliphatic heterocycles. The van der Waals surface area contributed by atoms with Crippen LogP contribution in [0.25, 0.3) is 123 Å². The van der Waals surface area contributed by atoms with Gasteiger partial charge in [-0.3, -0.25) is 0 Å². The Hall–Kier alpha value is -11.5. The molecule has 0 bridgehead atoms. The number of rotatable bonds is 7. The number of anilines is 2. The first-order valence-electron chi connectivity index (χ1n) is 30.4. The lowest BCUT2D eigenvalue weighted by atomic mass is 9.70. The molecule has 3 unspecified atom stereocenters. The van der Waals surface area contributed by atoms with Crippen molar-refractivity contribution < 1.29 is 0 Å². The van der Waals surface area contributed by atoms with E-state index in [2.05, 4.69) is 281 Å². The van der Waals surface area contributed by atoms with Crippen LogP contribution in [-0.2, 0) is 5.41 Å². The van der Waals surface area contributed by atoms with E-state index in [-0.39, 0.29) is 12.0 Å². The average Bonchev–Trinajstić information content (AvgIpc) is 1.49. The van der Waals surface area contributed by atoms with Crippen molar-refractivity contribution in [1.29, 1.82) is 0 Å². The van der Waals surface area contributed by atoms with Crippen molar-refractivity contribution in [1.82, 2.24) is 24.1 Å². The van der Waals surface area contributed by atoms with Crippen molar-refractivity contribution in [3.8, 4) is 78.9 Å². The standard InChI is InChI=1S/C82H52N6/c1-5-21-51(22-6-1)79-83-80(52-23-7-2-8-24-52)85-81(84-79)53-37-41-58(42-38-53)87-74-48-40-55(54-39-47-73-66(49-54)61-31-16-19-35-71(61)86(73)56-25-9-3-10-26-56)50-67(74)64-45-46-70-75(77(64)87)65-32-14-18-34-69(65)82(70)68-33-17-13-29-59(68)62-43-44-63-60-30-15-20-36-72(60)88(78(63)76(62)82)57-27-11-4-12-28-57/h1-50,61,71H. The highest BCUT2D eigenvalue weighted by Gasteiger charge is 2.54. The van der Waals surface area contributed by atoms with Gasteiger partial charge in [0.05, 0.1) is 33.5 Å². The quantitative estimate of drug-likeness (QED) is 0.160. The summed E-state index contributed by atoms with van der Waals surface area (Å²) in [5.41, 5.74) is 25.4. The SMILES string of the molecule is C1=CC2c3cc(-c4ccc5c(c4)c4ccc6c(c4n5-c4ccc(-c5nc(-c7ccccc7)nc(-c7ccccc7)n5)cc4)-c4ccccc4C64c5ccccc5-c5ccc6c7ccccc7n(-c7ccccc7)c6c54)ccc3N(c3ccccc3)C2C=C1. The molecule has 4 heterocycles. The summed E-state index contributed by atoms with van der Waals surface area (Å²) in [5.74, 6) is 2.12. The number of allylic oxidation sites excluding steroid dienone is 2. The summed E-state index contributed by atoms with van der Waals surface area (Å²) in [6, 6.07) is 103. The van der Waals surface area contributed by atoms with Gasteiger partial charge in [-0.05, 0) is 129 Å². The molecule has 15 aromatic rings. The highest BCUT2D eigenvalue weighted by molar-refractivity contribution is 6.19. The van der Waals surface area contributed by atoms with Crippen molar-refractivity contribution in [2.75, 3.05) is 4.90 Å². The number of hydrogen-bond donors (Lipinski definition) is 0. The Labute approximate surface area is 508 Å². The van der Waals surface area contributed by atoms with Crippen LogP contribution in [-0.4, -0.2) is 30.1 Å². The second kappa shape index (κ2) is 18.8. The van der Waals surface area contributed by atoms with Crippen LogP contribution in [0.4, 0.5) is 11.4 Å². The molecule has 0 N–H and O–H groups in total. The molecule has 88 heavy (non-hydrogen) atoms. The Morgan fingerprint density at radius 1 is 0.330 bits per heavy atom. The first kappa shape index (κ1) is 48.9. The maximum Gasteiger partial charge on any atom is 0.164 e. The second-order valence-corrected chi connectivity index (χ2v) is 23.7. The fraction of sp³-hybridized carbons (Fsp3) is 0.0366. The predicted octanol–water partition coefficient (Wildman–Crippen LogP) is 19.8. The third kappa shape index (κ3) is 6.85. The molecule has 0 fully saturated rings. The maximum absolute atomic E-state index is 5.16. The second-order valence-electron chi connectivity index (χ2n) is 23.7. The molecule has 6 heteroatoms. The molecule has 3 atom stereocenters. The Bertz CT molecular complexity index is 5390. The zero-order chi connectivity index (χ0) is 57.6.